The van der Waals surface area contributed by atoms with Crippen LogP contribution in [0.4, 0.5) is 13.2 Å². The largest absolute Gasteiger partial charge is 0.411 e. The van der Waals surface area contributed by atoms with Gasteiger partial charge in [-0.25, -0.2) is 0 Å². The van der Waals surface area contributed by atoms with Gasteiger partial charge in [0.05, 0.1) is 0 Å². The number of guanidine groups is 1. The third kappa shape index (κ3) is 15.8. The average molecular weight is 369 g/mol. The van der Waals surface area contributed by atoms with Crippen LogP contribution in [-0.2, 0) is 4.74 Å². The highest BCUT2D eigenvalue weighted by molar-refractivity contribution is 14.0. The number of aliphatic imine (C=N–C) groups is 1. The fourth-order valence-corrected chi connectivity index (χ4v) is 0.895. The molecular weight excluding hydrogens is 350 g/mol. The number of halogens is 4. The molecule has 4 nitrogen and oxygen atoms in total. The summed E-state index contributed by atoms with van der Waals surface area (Å²) in [6.07, 6.45) is -3.85. The second-order valence-corrected chi connectivity index (χ2v) is 3.59. The van der Waals surface area contributed by atoms with E-state index in [0.717, 1.165) is 0 Å². The van der Waals surface area contributed by atoms with Gasteiger partial charge in [0.25, 0.3) is 0 Å². The molecule has 0 radical (unpaired) electrons. The normalized spacial score (nSPS) is 12.5. The number of rotatable bonds is 6. The molecule has 0 saturated heterocycles. The van der Waals surface area contributed by atoms with Crippen molar-refractivity contribution in [2.24, 2.45) is 10.7 Å². The van der Waals surface area contributed by atoms with Gasteiger partial charge in [0, 0.05) is 19.2 Å². The van der Waals surface area contributed by atoms with Crippen molar-refractivity contribution in [3.05, 3.63) is 0 Å². The predicted molar refractivity (Wildman–Crippen MR) is 71.7 cm³/mol. The zero-order valence-electron chi connectivity index (χ0n) is 9.88. The maximum Gasteiger partial charge on any atom is 0.411 e. The molecule has 0 aromatic heterocycles. The molecule has 0 spiro atoms. The van der Waals surface area contributed by atoms with Gasteiger partial charge in [-0.3, -0.25) is 4.99 Å². The molecule has 0 rings (SSSR count). The van der Waals surface area contributed by atoms with Gasteiger partial charge in [-0.2, -0.15) is 13.2 Å². The van der Waals surface area contributed by atoms with Crippen molar-refractivity contribution in [3.8, 4) is 0 Å². The molecule has 0 aromatic rings. The Morgan fingerprint density at radius 3 is 2.47 bits per heavy atom. The van der Waals surface area contributed by atoms with Gasteiger partial charge in [-0.15, -0.1) is 24.0 Å². The molecule has 0 heterocycles. The minimum absolute atomic E-state index is 0. The van der Waals surface area contributed by atoms with Crippen molar-refractivity contribution in [3.63, 3.8) is 0 Å². The summed E-state index contributed by atoms with van der Waals surface area (Å²) in [6.45, 7) is 2.99. The van der Waals surface area contributed by atoms with E-state index in [1.165, 1.54) is 0 Å². The number of alkyl halides is 3. The third-order valence-electron chi connectivity index (χ3n) is 1.43. The summed E-state index contributed by atoms with van der Waals surface area (Å²) in [7, 11) is 0. The fraction of sp³-hybridized carbons (Fsp3) is 0.889. The van der Waals surface area contributed by atoms with E-state index in [2.05, 4.69) is 15.0 Å². The highest BCUT2D eigenvalue weighted by Gasteiger charge is 2.27. The molecule has 0 aliphatic heterocycles. The van der Waals surface area contributed by atoms with Crippen LogP contribution < -0.4 is 11.1 Å². The summed E-state index contributed by atoms with van der Waals surface area (Å²) in [5.41, 5.74) is 5.48. The van der Waals surface area contributed by atoms with Crippen LogP contribution in [0.25, 0.3) is 0 Å². The van der Waals surface area contributed by atoms with Crippen LogP contribution >= 0.6 is 24.0 Å². The molecule has 0 aromatic carbocycles. The Labute approximate surface area is 116 Å². The lowest BCUT2D eigenvalue weighted by Gasteiger charge is -2.09. The Morgan fingerprint density at radius 1 is 1.41 bits per heavy atom. The van der Waals surface area contributed by atoms with E-state index < -0.39 is 12.8 Å². The van der Waals surface area contributed by atoms with E-state index in [-0.39, 0.29) is 36.6 Å². The topological polar surface area (TPSA) is 59.6 Å². The molecule has 17 heavy (non-hydrogen) atoms. The molecule has 0 saturated carbocycles. The Morgan fingerprint density at radius 2 is 2.00 bits per heavy atom. The highest BCUT2D eigenvalue weighted by atomic mass is 127. The molecule has 0 amide bonds. The minimum Gasteiger partial charge on any atom is -0.372 e. The van der Waals surface area contributed by atoms with Crippen molar-refractivity contribution in [1.29, 1.82) is 0 Å². The van der Waals surface area contributed by atoms with Crippen LogP contribution in [0.5, 0.6) is 0 Å². The average Bonchev–Trinajstić information content (AvgIpc) is 2.07. The molecule has 0 unspecified atom stereocenters. The SMILES string of the molecule is CC(C)NC(N)=NCCCOCC(F)(F)F.I. The lowest BCUT2D eigenvalue weighted by molar-refractivity contribution is -0.173. The predicted octanol–water partition coefficient (Wildman–Crippen LogP) is 1.89. The minimum atomic E-state index is -4.26. The monoisotopic (exact) mass is 369 g/mol. The van der Waals surface area contributed by atoms with E-state index in [1.807, 2.05) is 13.8 Å². The second-order valence-electron chi connectivity index (χ2n) is 3.59. The van der Waals surface area contributed by atoms with Crippen LogP contribution in [-0.4, -0.2) is 37.9 Å². The van der Waals surface area contributed by atoms with E-state index in [1.54, 1.807) is 0 Å². The summed E-state index contributed by atoms with van der Waals surface area (Å²) in [6, 6.07) is 0.185. The third-order valence-corrected chi connectivity index (χ3v) is 1.43. The van der Waals surface area contributed by atoms with Crippen LogP contribution in [0.2, 0.25) is 0 Å². The molecule has 0 aliphatic rings. The zero-order valence-corrected chi connectivity index (χ0v) is 12.2. The number of nitrogens with one attached hydrogen (secondary N) is 1. The van der Waals surface area contributed by atoms with Crippen LogP contribution in [0.15, 0.2) is 4.99 Å². The molecule has 0 atom stereocenters. The van der Waals surface area contributed by atoms with E-state index in [0.29, 0.717) is 18.9 Å². The Kier molecular flexibility index (Phi) is 10.9. The van der Waals surface area contributed by atoms with Crippen molar-refractivity contribution in [2.75, 3.05) is 19.8 Å². The molecule has 0 fully saturated rings. The maximum absolute atomic E-state index is 11.7. The van der Waals surface area contributed by atoms with E-state index in [9.17, 15) is 13.2 Å². The number of hydrogen-bond donors (Lipinski definition) is 2. The van der Waals surface area contributed by atoms with Crippen molar-refractivity contribution >= 4 is 29.9 Å². The number of nitrogens with zero attached hydrogens (tertiary/aromatic N) is 1. The quantitative estimate of drug-likeness (QED) is 0.325. The second kappa shape index (κ2) is 9.75. The first-order valence-electron chi connectivity index (χ1n) is 5.02. The van der Waals surface area contributed by atoms with Crippen LogP contribution in [0.1, 0.15) is 20.3 Å². The first-order valence-corrected chi connectivity index (χ1v) is 5.02. The first-order chi connectivity index (χ1) is 7.31. The summed E-state index contributed by atoms with van der Waals surface area (Å²) in [5.74, 6) is 0.297. The summed E-state index contributed by atoms with van der Waals surface area (Å²) < 4.78 is 39.4. The number of nitrogens with two attached hydrogens (primary N) is 1. The lowest BCUT2D eigenvalue weighted by Crippen LogP contribution is -2.36. The molecular formula is C9H19F3IN3O. The molecule has 104 valence electrons. The fourth-order valence-electron chi connectivity index (χ4n) is 0.895. The van der Waals surface area contributed by atoms with Crippen molar-refractivity contribution in [2.45, 2.75) is 32.5 Å². The zero-order chi connectivity index (χ0) is 12.6. The van der Waals surface area contributed by atoms with Gasteiger partial charge in [-0.1, -0.05) is 0 Å². The van der Waals surface area contributed by atoms with Gasteiger partial charge >= 0.3 is 6.18 Å². The first kappa shape index (κ1) is 19.1. The van der Waals surface area contributed by atoms with Gasteiger partial charge in [-0.05, 0) is 20.3 Å². The maximum atomic E-state index is 11.7. The van der Waals surface area contributed by atoms with Gasteiger partial charge < -0.3 is 15.8 Å². The summed E-state index contributed by atoms with van der Waals surface area (Å²) >= 11 is 0. The van der Waals surface area contributed by atoms with E-state index >= 15 is 0 Å². The summed E-state index contributed by atoms with van der Waals surface area (Å²) in [5, 5.41) is 2.86. The lowest BCUT2D eigenvalue weighted by atomic mass is 10.4. The van der Waals surface area contributed by atoms with Gasteiger partial charge in [0.1, 0.15) is 6.61 Å². The molecule has 8 heteroatoms. The standard InChI is InChI=1S/C9H18F3N3O.HI/c1-7(2)15-8(13)14-4-3-5-16-6-9(10,11)12;/h7H,3-6H2,1-2H3,(H3,13,14,15);1H. The Balaban J connectivity index is 0. The van der Waals surface area contributed by atoms with Crippen molar-refractivity contribution < 1.29 is 17.9 Å². The number of ether oxygens (including phenoxy) is 1. The van der Waals surface area contributed by atoms with Gasteiger partial charge in [0.2, 0.25) is 0 Å². The molecule has 3 N–H and O–H groups in total. The Bertz CT molecular complexity index is 222. The van der Waals surface area contributed by atoms with Gasteiger partial charge in [0.15, 0.2) is 5.96 Å². The Hall–Kier alpha value is -0.250. The number of hydrogen-bond acceptors (Lipinski definition) is 2. The molecule has 0 aliphatic carbocycles. The van der Waals surface area contributed by atoms with Crippen molar-refractivity contribution in [1.82, 2.24) is 5.32 Å². The highest BCUT2D eigenvalue weighted by Crippen LogP contribution is 2.14. The molecule has 0 bridgehead atoms. The summed E-state index contributed by atoms with van der Waals surface area (Å²) in [4.78, 5) is 3.92. The smallest absolute Gasteiger partial charge is 0.372 e. The van der Waals surface area contributed by atoms with Crippen LogP contribution in [0.3, 0.4) is 0 Å². The van der Waals surface area contributed by atoms with Crippen LogP contribution in [0, 0.1) is 0 Å². The van der Waals surface area contributed by atoms with E-state index in [4.69, 9.17) is 5.73 Å².